The van der Waals surface area contributed by atoms with Crippen molar-refractivity contribution in [3.05, 3.63) is 29.8 Å². The Morgan fingerprint density at radius 2 is 2.19 bits per heavy atom. The summed E-state index contributed by atoms with van der Waals surface area (Å²) >= 11 is 0. The molecule has 3 atom stereocenters. The Labute approximate surface area is 126 Å². The monoisotopic (exact) mass is 288 g/mol. The number of carbonyl (C=O) groups is 1. The molecular formula is C17H24N2O2. The van der Waals surface area contributed by atoms with Gasteiger partial charge < -0.3 is 15.4 Å². The van der Waals surface area contributed by atoms with Crippen molar-refractivity contribution in [3.8, 4) is 5.75 Å². The Morgan fingerprint density at radius 3 is 3.00 bits per heavy atom. The molecule has 0 unspecified atom stereocenters. The van der Waals surface area contributed by atoms with Gasteiger partial charge in [-0.15, -0.1) is 0 Å². The summed E-state index contributed by atoms with van der Waals surface area (Å²) in [6.45, 7) is 4.21. The molecule has 0 aromatic heterocycles. The maximum Gasteiger partial charge on any atom is 0.230 e. The quantitative estimate of drug-likeness (QED) is 0.907. The van der Waals surface area contributed by atoms with Crippen molar-refractivity contribution in [1.82, 2.24) is 4.90 Å². The third-order valence-electron chi connectivity index (χ3n) is 4.90. The summed E-state index contributed by atoms with van der Waals surface area (Å²) in [4.78, 5) is 15.1. The first-order valence-corrected chi connectivity index (χ1v) is 7.94. The van der Waals surface area contributed by atoms with Gasteiger partial charge >= 0.3 is 0 Å². The Morgan fingerprint density at radius 1 is 1.38 bits per heavy atom. The van der Waals surface area contributed by atoms with Crippen molar-refractivity contribution < 1.29 is 9.53 Å². The first kappa shape index (κ1) is 14.4. The highest BCUT2D eigenvalue weighted by atomic mass is 16.5. The van der Waals surface area contributed by atoms with E-state index in [0.717, 1.165) is 37.1 Å². The first-order valence-electron chi connectivity index (χ1n) is 7.94. The molecule has 0 saturated carbocycles. The normalized spacial score (nSPS) is 28.7. The molecule has 0 radical (unpaired) electrons. The number of carbonyl (C=O) groups excluding carboxylic acids is 1. The van der Waals surface area contributed by atoms with Gasteiger partial charge in [-0.25, -0.2) is 0 Å². The average Bonchev–Trinajstić information content (AvgIpc) is 2.53. The van der Waals surface area contributed by atoms with Crippen LogP contribution in [0.5, 0.6) is 5.75 Å². The van der Waals surface area contributed by atoms with Gasteiger partial charge in [-0.3, -0.25) is 4.79 Å². The van der Waals surface area contributed by atoms with Crippen LogP contribution >= 0.6 is 0 Å². The van der Waals surface area contributed by atoms with E-state index < -0.39 is 0 Å². The van der Waals surface area contributed by atoms with Crippen LogP contribution in [0.15, 0.2) is 24.3 Å². The molecule has 0 bridgehead atoms. The molecule has 1 aromatic carbocycles. The number of hydrogen-bond donors (Lipinski definition) is 1. The number of benzene rings is 1. The number of para-hydroxylation sites is 1. The Hall–Kier alpha value is -1.55. The lowest BCUT2D eigenvalue weighted by Crippen LogP contribution is -2.53. The molecular weight excluding hydrogens is 264 g/mol. The van der Waals surface area contributed by atoms with Crippen LogP contribution in [-0.2, 0) is 4.79 Å². The summed E-state index contributed by atoms with van der Waals surface area (Å²) in [5.41, 5.74) is 6.96. The lowest BCUT2D eigenvalue weighted by molar-refractivity contribution is -0.138. The highest BCUT2D eigenvalue weighted by Gasteiger charge is 2.36. The molecule has 0 spiro atoms. The van der Waals surface area contributed by atoms with E-state index in [1.54, 1.807) is 0 Å². The lowest BCUT2D eigenvalue weighted by Gasteiger charge is -2.41. The van der Waals surface area contributed by atoms with Gasteiger partial charge in [0.1, 0.15) is 5.75 Å². The third-order valence-corrected chi connectivity index (χ3v) is 4.90. The zero-order valence-electron chi connectivity index (χ0n) is 12.6. The van der Waals surface area contributed by atoms with Crippen molar-refractivity contribution in [2.24, 2.45) is 11.7 Å². The molecule has 1 amide bonds. The van der Waals surface area contributed by atoms with Crippen LogP contribution in [0.3, 0.4) is 0 Å². The number of nitrogens with zero attached hydrogens (tertiary/aromatic N) is 1. The molecule has 21 heavy (non-hydrogen) atoms. The minimum atomic E-state index is -0.0747. The van der Waals surface area contributed by atoms with Gasteiger partial charge in [0.15, 0.2) is 0 Å². The Bertz CT molecular complexity index is 517. The number of piperidine rings is 1. The molecule has 0 aliphatic carbocycles. The predicted molar refractivity (Wildman–Crippen MR) is 82.2 cm³/mol. The fourth-order valence-corrected chi connectivity index (χ4v) is 3.68. The van der Waals surface area contributed by atoms with Gasteiger partial charge in [0.25, 0.3) is 0 Å². The van der Waals surface area contributed by atoms with Gasteiger partial charge in [-0.2, -0.15) is 0 Å². The Balaban J connectivity index is 1.85. The molecule has 4 nitrogen and oxygen atoms in total. The lowest BCUT2D eigenvalue weighted by atomic mass is 9.86. The summed E-state index contributed by atoms with van der Waals surface area (Å²) in [5, 5.41) is 0. The topological polar surface area (TPSA) is 55.6 Å². The van der Waals surface area contributed by atoms with Gasteiger partial charge in [-0.1, -0.05) is 25.1 Å². The third kappa shape index (κ3) is 2.64. The number of hydrogen-bond acceptors (Lipinski definition) is 3. The van der Waals surface area contributed by atoms with E-state index in [4.69, 9.17) is 10.5 Å². The van der Waals surface area contributed by atoms with Crippen molar-refractivity contribution >= 4 is 5.91 Å². The summed E-state index contributed by atoms with van der Waals surface area (Å²) in [5.74, 6) is 1.50. The highest BCUT2D eigenvalue weighted by molar-refractivity contribution is 5.85. The standard InChI is InChI=1S/C17H24N2O2/c1-12-5-4-9-19(15(12)11-18)17(20)14-8-10-21-16-7-3-2-6-13(14)16/h2-3,6-7,12,14-15H,4-5,8-11,18H2,1H3/t12-,14+,15-/m1/s1. The molecule has 2 aliphatic rings. The maximum atomic E-state index is 13.0. The van der Waals surface area contributed by atoms with Gasteiger partial charge in [0.05, 0.1) is 12.5 Å². The summed E-state index contributed by atoms with van der Waals surface area (Å²) < 4.78 is 5.67. The minimum absolute atomic E-state index is 0.0747. The largest absolute Gasteiger partial charge is 0.493 e. The van der Waals surface area contributed by atoms with Crippen LogP contribution < -0.4 is 10.5 Å². The predicted octanol–water partition coefficient (Wildman–Crippen LogP) is 2.14. The van der Waals surface area contributed by atoms with Crippen molar-refractivity contribution in [2.75, 3.05) is 19.7 Å². The highest BCUT2D eigenvalue weighted by Crippen LogP contribution is 2.36. The fraction of sp³-hybridized carbons (Fsp3) is 0.588. The summed E-state index contributed by atoms with van der Waals surface area (Å²) in [6, 6.07) is 8.08. The van der Waals surface area contributed by atoms with Crippen LogP contribution in [0.2, 0.25) is 0 Å². The molecule has 2 N–H and O–H groups in total. The second-order valence-corrected chi connectivity index (χ2v) is 6.18. The maximum absolute atomic E-state index is 13.0. The molecule has 114 valence electrons. The van der Waals surface area contributed by atoms with E-state index in [1.807, 2.05) is 29.2 Å². The molecule has 4 heteroatoms. The molecule has 3 rings (SSSR count). The van der Waals surface area contributed by atoms with Crippen LogP contribution in [0, 0.1) is 5.92 Å². The van der Waals surface area contributed by atoms with Gasteiger partial charge in [-0.05, 0) is 31.2 Å². The van der Waals surface area contributed by atoms with E-state index in [2.05, 4.69) is 6.92 Å². The molecule has 1 aromatic rings. The first-order chi connectivity index (χ1) is 10.2. The van der Waals surface area contributed by atoms with E-state index >= 15 is 0 Å². The van der Waals surface area contributed by atoms with Crippen LogP contribution in [0.1, 0.15) is 37.7 Å². The number of rotatable bonds is 2. The fourth-order valence-electron chi connectivity index (χ4n) is 3.68. The van der Waals surface area contributed by atoms with E-state index in [-0.39, 0.29) is 17.9 Å². The second-order valence-electron chi connectivity index (χ2n) is 6.18. The van der Waals surface area contributed by atoms with Crippen LogP contribution in [0.4, 0.5) is 0 Å². The number of amides is 1. The van der Waals surface area contributed by atoms with Gasteiger partial charge in [0, 0.05) is 24.7 Å². The van der Waals surface area contributed by atoms with E-state index in [9.17, 15) is 4.79 Å². The average molecular weight is 288 g/mol. The molecule has 1 saturated heterocycles. The zero-order chi connectivity index (χ0) is 14.8. The SMILES string of the molecule is C[C@@H]1CCCN(C(=O)[C@H]2CCOc3ccccc32)[C@@H]1CN. The molecule has 2 aliphatic heterocycles. The Kier molecular flexibility index (Phi) is 4.15. The molecule has 2 heterocycles. The second kappa shape index (κ2) is 6.06. The van der Waals surface area contributed by atoms with Gasteiger partial charge in [0.2, 0.25) is 5.91 Å². The number of likely N-dealkylation sites (tertiary alicyclic amines) is 1. The molecule has 1 fully saturated rings. The van der Waals surface area contributed by atoms with Crippen molar-refractivity contribution in [2.45, 2.75) is 38.1 Å². The minimum Gasteiger partial charge on any atom is -0.493 e. The zero-order valence-corrected chi connectivity index (χ0v) is 12.6. The van der Waals surface area contributed by atoms with Crippen molar-refractivity contribution in [1.29, 1.82) is 0 Å². The van der Waals surface area contributed by atoms with Crippen LogP contribution in [-0.4, -0.2) is 36.5 Å². The summed E-state index contributed by atoms with van der Waals surface area (Å²) in [7, 11) is 0. The van der Waals surface area contributed by atoms with Crippen LogP contribution in [0.25, 0.3) is 0 Å². The number of ether oxygens (including phenoxy) is 1. The number of nitrogens with two attached hydrogens (primary N) is 1. The number of fused-ring (bicyclic) bond motifs is 1. The van der Waals surface area contributed by atoms with E-state index in [1.165, 1.54) is 0 Å². The van der Waals surface area contributed by atoms with E-state index in [0.29, 0.717) is 19.1 Å². The van der Waals surface area contributed by atoms with Crippen molar-refractivity contribution in [3.63, 3.8) is 0 Å². The smallest absolute Gasteiger partial charge is 0.230 e. The summed E-state index contributed by atoms with van der Waals surface area (Å²) in [6.07, 6.45) is 3.00.